The molecule has 6 rings (SSSR count). The average molecular weight is 617 g/mol. The summed E-state index contributed by atoms with van der Waals surface area (Å²) in [6.07, 6.45) is 3.09. The highest BCUT2D eigenvalue weighted by atomic mass is 14.1. The van der Waals surface area contributed by atoms with Crippen LogP contribution in [0.1, 0.15) is 77.9 Å². The van der Waals surface area contributed by atoms with Crippen molar-refractivity contribution in [2.45, 2.75) is 74.7 Å². The molecule has 0 unspecified atom stereocenters. The molecule has 0 spiro atoms. The van der Waals surface area contributed by atoms with Gasteiger partial charge in [-0.3, -0.25) is 0 Å². The van der Waals surface area contributed by atoms with Crippen LogP contribution >= 0.6 is 0 Å². The molecule has 0 atom stereocenters. The summed E-state index contributed by atoms with van der Waals surface area (Å²) in [6.45, 7) is 17.2. The van der Waals surface area contributed by atoms with Crippen LogP contribution in [-0.2, 0) is 19.3 Å². The maximum Gasteiger partial charge on any atom is -0.00255 e. The zero-order chi connectivity index (χ0) is 33.8. The predicted octanol–water partition coefficient (Wildman–Crippen LogP) is 12.3. The summed E-state index contributed by atoms with van der Waals surface area (Å²) < 4.78 is 0. The molecule has 6 aromatic rings. The van der Waals surface area contributed by atoms with Crippen molar-refractivity contribution in [1.29, 1.82) is 0 Å². The Morgan fingerprint density at radius 3 is 0.979 bits per heavy atom. The molecule has 0 radical (unpaired) electrons. The van der Waals surface area contributed by atoms with Gasteiger partial charge in [0.2, 0.25) is 0 Å². The van der Waals surface area contributed by atoms with Crippen LogP contribution in [-0.4, -0.2) is 0 Å². The molecule has 0 nitrogen and oxygen atoms in total. The van der Waals surface area contributed by atoms with Gasteiger partial charge < -0.3 is 0 Å². The van der Waals surface area contributed by atoms with Crippen LogP contribution in [0.2, 0.25) is 0 Å². The van der Waals surface area contributed by atoms with Gasteiger partial charge in [-0.15, -0.1) is 0 Å². The Hall–Kier alpha value is -4.68. The number of aryl methyl sites for hydroxylation is 8. The van der Waals surface area contributed by atoms with Gasteiger partial charge in [-0.1, -0.05) is 178 Å². The first kappa shape index (κ1) is 35.2. The molecule has 0 saturated heterocycles. The van der Waals surface area contributed by atoms with E-state index in [1.807, 2.05) is 0 Å². The molecule has 47 heavy (non-hydrogen) atoms. The molecular formula is C47H52. The highest BCUT2D eigenvalue weighted by Crippen LogP contribution is 2.16. The van der Waals surface area contributed by atoms with Crippen LogP contribution in [0.4, 0.5) is 0 Å². The smallest absolute Gasteiger partial charge is 0.00255 e. The lowest BCUT2D eigenvalue weighted by Gasteiger charge is -2.06. The molecule has 0 aliphatic carbocycles. The van der Waals surface area contributed by atoms with Crippen LogP contribution in [0.5, 0.6) is 0 Å². The van der Waals surface area contributed by atoms with Crippen molar-refractivity contribution in [1.82, 2.24) is 0 Å². The van der Waals surface area contributed by atoms with Crippen LogP contribution < -0.4 is 0 Å². The maximum absolute atomic E-state index is 2.27. The lowest BCUT2D eigenvalue weighted by atomic mass is 10.00. The van der Waals surface area contributed by atoms with Gasteiger partial charge in [-0.05, 0) is 108 Å². The van der Waals surface area contributed by atoms with Crippen molar-refractivity contribution < 1.29 is 0 Å². The van der Waals surface area contributed by atoms with Crippen molar-refractivity contribution in [2.24, 2.45) is 0 Å². The highest BCUT2D eigenvalue weighted by Gasteiger charge is 2.01. The van der Waals surface area contributed by atoms with Crippen LogP contribution in [0.3, 0.4) is 0 Å². The first-order chi connectivity index (χ1) is 22.5. The third-order valence-electron chi connectivity index (χ3n) is 8.12. The third kappa shape index (κ3) is 12.6. The molecule has 0 N–H and O–H groups in total. The van der Waals surface area contributed by atoms with E-state index < -0.39 is 0 Å². The second-order valence-corrected chi connectivity index (χ2v) is 13.5. The van der Waals surface area contributed by atoms with Crippen LogP contribution in [0, 0.1) is 55.4 Å². The van der Waals surface area contributed by atoms with Gasteiger partial charge in [-0.2, -0.15) is 0 Å². The fourth-order valence-electron chi connectivity index (χ4n) is 6.34. The van der Waals surface area contributed by atoms with Crippen molar-refractivity contribution in [2.75, 3.05) is 0 Å². The van der Waals surface area contributed by atoms with Crippen molar-refractivity contribution in [3.05, 3.63) is 211 Å². The molecule has 0 bridgehead atoms. The lowest BCUT2D eigenvalue weighted by molar-refractivity contribution is 1.16. The Labute approximate surface area is 285 Å². The second kappa shape index (κ2) is 17.3. The molecule has 0 aliphatic rings. The van der Waals surface area contributed by atoms with Gasteiger partial charge >= 0.3 is 0 Å². The monoisotopic (exact) mass is 616 g/mol. The normalized spacial score (nSPS) is 10.4. The lowest BCUT2D eigenvalue weighted by Crippen LogP contribution is -1.90. The van der Waals surface area contributed by atoms with Gasteiger partial charge in [0.15, 0.2) is 0 Å². The van der Waals surface area contributed by atoms with Gasteiger partial charge in [-0.25, -0.2) is 0 Å². The van der Waals surface area contributed by atoms with E-state index in [9.17, 15) is 0 Å². The Morgan fingerprint density at radius 1 is 0.234 bits per heavy atom. The highest BCUT2D eigenvalue weighted by molar-refractivity contribution is 5.36. The number of hydrogen-bond acceptors (Lipinski definition) is 0. The van der Waals surface area contributed by atoms with E-state index in [1.165, 1.54) is 77.9 Å². The first-order valence-corrected chi connectivity index (χ1v) is 16.9. The average Bonchev–Trinajstić information content (AvgIpc) is 2.98. The van der Waals surface area contributed by atoms with E-state index in [2.05, 4.69) is 189 Å². The van der Waals surface area contributed by atoms with E-state index in [0.29, 0.717) is 0 Å². The van der Waals surface area contributed by atoms with Crippen LogP contribution in [0.15, 0.2) is 133 Å². The number of hydrogen-bond donors (Lipinski definition) is 0. The predicted molar refractivity (Wildman–Crippen MR) is 205 cm³/mol. The van der Waals surface area contributed by atoms with E-state index >= 15 is 0 Å². The molecule has 240 valence electrons. The molecule has 0 amide bonds. The fraction of sp³-hybridized carbons (Fsp3) is 0.234. The summed E-state index contributed by atoms with van der Waals surface area (Å²) in [5.41, 5.74) is 19.1. The van der Waals surface area contributed by atoms with Crippen LogP contribution in [0.25, 0.3) is 0 Å². The quantitative estimate of drug-likeness (QED) is 0.175. The molecule has 6 aromatic carbocycles. The minimum absolute atomic E-state index is 1.03. The molecule has 0 heterocycles. The first-order valence-electron chi connectivity index (χ1n) is 16.9. The van der Waals surface area contributed by atoms with E-state index in [0.717, 1.165) is 19.3 Å². The summed E-state index contributed by atoms with van der Waals surface area (Å²) in [5.74, 6) is 0. The third-order valence-corrected chi connectivity index (χ3v) is 8.12. The fourth-order valence-corrected chi connectivity index (χ4v) is 6.34. The van der Waals surface area contributed by atoms with Gasteiger partial charge in [0.1, 0.15) is 0 Å². The van der Waals surface area contributed by atoms with Gasteiger partial charge in [0.05, 0.1) is 0 Å². The molecular weight excluding hydrogens is 565 g/mol. The largest absolute Gasteiger partial charge is 0.0622 e. The molecule has 0 aromatic heterocycles. The van der Waals surface area contributed by atoms with Gasteiger partial charge in [0.25, 0.3) is 0 Å². The summed E-state index contributed by atoms with van der Waals surface area (Å²) in [7, 11) is 0. The summed E-state index contributed by atoms with van der Waals surface area (Å²) >= 11 is 0. The molecule has 0 aliphatic heterocycles. The Morgan fingerprint density at radius 2 is 0.574 bits per heavy atom. The Kier molecular flexibility index (Phi) is 12.9. The Bertz CT molecular complexity index is 1800. The van der Waals surface area contributed by atoms with Crippen molar-refractivity contribution in [3.8, 4) is 0 Å². The van der Waals surface area contributed by atoms with E-state index in [4.69, 9.17) is 0 Å². The molecule has 0 fully saturated rings. The zero-order valence-electron chi connectivity index (χ0n) is 29.8. The van der Waals surface area contributed by atoms with Crippen molar-refractivity contribution in [3.63, 3.8) is 0 Å². The van der Waals surface area contributed by atoms with Crippen molar-refractivity contribution >= 4 is 0 Å². The topological polar surface area (TPSA) is 0 Å². The summed E-state index contributed by atoms with van der Waals surface area (Å²) in [6, 6.07) is 48.4. The summed E-state index contributed by atoms with van der Waals surface area (Å²) in [5, 5.41) is 0. The molecule has 0 heteroatoms. The Balaban J connectivity index is 0.000000160. The number of rotatable bonds is 6. The minimum Gasteiger partial charge on any atom is -0.0622 e. The molecule has 0 saturated carbocycles. The SMILES string of the molecule is Cc1cc(C)cc(Cc2ccccc2)c1.Cc1ccc(Cc2cc(C)cc(C)c2)cc1.Cc1cccc(Cc2cc(C)cc(C)c2)c1. The second-order valence-electron chi connectivity index (χ2n) is 13.5. The maximum atomic E-state index is 2.27. The zero-order valence-corrected chi connectivity index (χ0v) is 29.8. The van der Waals surface area contributed by atoms with E-state index in [1.54, 1.807) is 0 Å². The van der Waals surface area contributed by atoms with E-state index in [-0.39, 0.29) is 0 Å². The standard InChI is InChI=1S/2C16H18.C15H16/c1-12-4-6-15(7-5-12)11-16-9-13(2)8-14(3)10-16;1-12-5-4-6-15(8-12)11-16-9-13(2)7-14(3)10-16;1-12-8-13(2)10-15(9-12)11-14-6-4-3-5-7-14/h2*4-10H,11H2,1-3H3;3-10H,11H2,1-2H3. The minimum atomic E-state index is 1.03. The number of benzene rings is 6. The summed E-state index contributed by atoms with van der Waals surface area (Å²) in [4.78, 5) is 0. The van der Waals surface area contributed by atoms with Gasteiger partial charge in [0, 0.05) is 0 Å².